The van der Waals surface area contributed by atoms with Gasteiger partial charge in [-0.15, -0.1) is 0 Å². The fourth-order valence-corrected chi connectivity index (χ4v) is 3.50. The molecule has 0 spiro atoms. The van der Waals surface area contributed by atoms with Gasteiger partial charge in [-0.2, -0.15) is 0 Å². The zero-order valence-electron chi connectivity index (χ0n) is 13.7. The van der Waals surface area contributed by atoms with Crippen LogP contribution in [0.1, 0.15) is 26.3 Å². The van der Waals surface area contributed by atoms with E-state index in [9.17, 15) is 13.2 Å². The maximum Gasteiger partial charge on any atom is 0.319 e. The smallest absolute Gasteiger partial charge is 0.319 e. The predicted molar refractivity (Wildman–Crippen MR) is 90.6 cm³/mol. The highest BCUT2D eigenvalue weighted by molar-refractivity contribution is 7.94. The van der Waals surface area contributed by atoms with E-state index in [1.807, 2.05) is 12.1 Å². The van der Waals surface area contributed by atoms with Crippen LogP contribution in [0.3, 0.4) is 0 Å². The van der Waals surface area contributed by atoms with Crippen molar-refractivity contribution in [3.8, 4) is 5.75 Å². The van der Waals surface area contributed by atoms with Gasteiger partial charge in [-0.3, -0.25) is 0 Å². The number of hydrogen-bond acceptors (Lipinski definition) is 4. The summed E-state index contributed by atoms with van der Waals surface area (Å²) in [5, 5.41) is 6.47. The molecule has 0 saturated carbocycles. The highest BCUT2D eigenvalue weighted by Crippen LogP contribution is 2.31. The van der Waals surface area contributed by atoms with Gasteiger partial charge < -0.3 is 15.4 Å². The van der Waals surface area contributed by atoms with Crippen molar-refractivity contribution in [2.45, 2.75) is 32.2 Å². The van der Waals surface area contributed by atoms with Crippen LogP contribution in [0.25, 0.3) is 0 Å². The molecule has 2 amide bonds. The molecule has 1 aliphatic heterocycles. The van der Waals surface area contributed by atoms with Crippen molar-refractivity contribution < 1.29 is 17.9 Å². The van der Waals surface area contributed by atoms with E-state index in [0.717, 1.165) is 11.0 Å². The molecule has 0 unspecified atom stereocenters. The van der Waals surface area contributed by atoms with Gasteiger partial charge in [0.25, 0.3) is 0 Å². The quantitative estimate of drug-likeness (QED) is 0.886. The molecule has 0 bridgehead atoms. The first-order valence-corrected chi connectivity index (χ1v) is 8.99. The number of nitrogens with one attached hydrogen (secondary N) is 2. The van der Waals surface area contributed by atoms with Crippen LogP contribution in [0.2, 0.25) is 0 Å². The van der Waals surface area contributed by atoms with E-state index in [2.05, 4.69) is 31.4 Å². The maximum absolute atomic E-state index is 12.1. The molecule has 1 heterocycles. The largest absolute Gasteiger partial charge is 0.495 e. The standard InChI is InChI=1S/C16H22N2O4S/c1-16(2,3)11-5-6-14(22-4)13(9-11)18-15(19)17-12-7-8-23(20,21)10-12/h5-9,12H,10H2,1-4H3,(H2,17,18,19)/t12-/m0/s1. The molecule has 0 fully saturated rings. The van der Waals surface area contributed by atoms with Crippen molar-refractivity contribution in [1.29, 1.82) is 0 Å². The minimum Gasteiger partial charge on any atom is -0.495 e. The molecule has 126 valence electrons. The average molecular weight is 338 g/mol. The molecule has 23 heavy (non-hydrogen) atoms. The highest BCUT2D eigenvalue weighted by atomic mass is 32.2. The molecule has 1 aromatic carbocycles. The topological polar surface area (TPSA) is 84.5 Å². The summed E-state index contributed by atoms with van der Waals surface area (Å²) >= 11 is 0. The number of methoxy groups -OCH3 is 1. The molecule has 6 nitrogen and oxygen atoms in total. The SMILES string of the molecule is COc1ccc(C(C)(C)C)cc1NC(=O)N[C@H]1C=CS(=O)(=O)C1. The Morgan fingerprint density at radius 2 is 2.00 bits per heavy atom. The van der Waals surface area contributed by atoms with Crippen molar-refractivity contribution in [1.82, 2.24) is 5.32 Å². The lowest BCUT2D eigenvalue weighted by Gasteiger charge is -2.21. The number of carbonyl (C=O) groups excluding carboxylic acids is 1. The normalized spacial score (nSPS) is 19.4. The first kappa shape index (κ1) is 17.3. The average Bonchev–Trinajstić information content (AvgIpc) is 2.76. The number of urea groups is 1. The summed E-state index contributed by atoms with van der Waals surface area (Å²) in [6.07, 6.45) is 1.47. The van der Waals surface area contributed by atoms with Crippen LogP contribution in [-0.4, -0.2) is 33.4 Å². The molecule has 0 radical (unpaired) electrons. The van der Waals surface area contributed by atoms with Gasteiger partial charge in [-0.1, -0.05) is 26.8 Å². The van der Waals surface area contributed by atoms with E-state index >= 15 is 0 Å². The lowest BCUT2D eigenvalue weighted by Crippen LogP contribution is -2.38. The van der Waals surface area contributed by atoms with Gasteiger partial charge in [0.05, 0.1) is 24.6 Å². The number of benzene rings is 1. The number of anilines is 1. The van der Waals surface area contributed by atoms with Gasteiger partial charge in [0.2, 0.25) is 0 Å². The van der Waals surface area contributed by atoms with E-state index in [4.69, 9.17) is 4.74 Å². The molecule has 7 heteroatoms. The molecule has 1 atom stereocenters. The zero-order chi connectivity index (χ0) is 17.3. The van der Waals surface area contributed by atoms with Crippen molar-refractivity contribution in [2.24, 2.45) is 0 Å². The fraction of sp³-hybridized carbons (Fsp3) is 0.438. The van der Waals surface area contributed by atoms with Gasteiger partial charge in [0.15, 0.2) is 9.84 Å². The van der Waals surface area contributed by atoms with Crippen LogP contribution in [-0.2, 0) is 15.3 Å². The molecule has 1 aromatic rings. The molecular weight excluding hydrogens is 316 g/mol. The molecule has 0 saturated heterocycles. The molecular formula is C16H22N2O4S. The maximum atomic E-state index is 12.1. The summed E-state index contributed by atoms with van der Waals surface area (Å²) in [7, 11) is -1.67. The van der Waals surface area contributed by atoms with Crippen molar-refractivity contribution >= 4 is 21.6 Å². The first-order chi connectivity index (χ1) is 10.6. The number of amides is 2. The van der Waals surface area contributed by atoms with Crippen LogP contribution in [0.5, 0.6) is 5.75 Å². The summed E-state index contributed by atoms with van der Waals surface area (Å²) in [5.74, 6) is 0.433. The highest BCUT2D eigenvalue weighted by Gasteiger charge is 2.23. The second kappa shape index (κ2) is 6.23. The van der Waals surface area contributed by atoms with Crippen LogP contribution >= 0.6 is 0 Å². The van der Waals surface area contributed by atoms with Gasteiger partial charge in [-0.05, 0) is 29.2 Å². The Hall–Kier alpha value is -2.02. The van der Waals surface area contributed by atoms with Gasteiger partial charge >= 0.3 is 6.03 Å². The number of carbonyl (C=O) groups is 1. The minimum absolute atomic E-state index is 0.0680. The summed E-state index contributed by atoms with van der Waals surface area (Å²) in [6.45, 7) is 6.23. The van der Waals surface area contributed by atoms with Gasteiger partial charge in [0.1, 0.15) is 5.75 Å². The Labute approximate surface area is 136 Å². The fourth-order valence-electron chi connectivity index (χ4n) is 2.26. The van der Waals surface area contributed by atoms with Crippen LogP contribution < -0.4 is 15.4 Å². The molecule has 0 aliphatic carbocycles. The first-order valence-electron chi connectivity index (χ1n) is 7.28. The van der Waals surface area contributed by atoms with Gasteiger partial charge in [0, 0.05) is 5.41 Å². The summed E-state index contributed by atoms with van der Waals surface area (Å²) < 4.78 is 28.0. The van der Waals surface area contributed by atoms with E-state index in [0.29, 0.717) is 11.4 Å². The third-order valence-corrected chi connectivity index (χ3v) is 4.96. The number of hydrogen-bond donors (Lipinski definition) is 2. The van der Waals surface area contributed by atoms with Crippen LogP contribution in [0, 0.1) is 0 Å². The second-order valence-corrected chi connectivity index (χ2v) is 8.46. The predicted octanol–water partition coefficient (Wildman–Crippen LogP) is 2.42. The summed E-state index contributed by atoms with van der Waals surface area (Å²) in [6, 6.07) is 4.63. The third-order valence-electron chi connectivity index (χ3n) is 3.56. The van der Waals surface area contributed by atoms with E-state index in [1.54, 1.807) is 6.07 Å². The Balaban J connectivity index is 2.12. The van der Waals surface area contributed by atoms with Crippen LogP contribution in [0.4, 0.5) is 10.5 Å². The van der Waals surface area contributed by atoms with E-state index in [-0.39, 0.29) is 11.2 Å². The van der Waals surface area contributed by atoms with E-state index in [1.165, 1.54) is 13.2 Å². The molecule has 0 aromatic heterocycles. The Morgan fingerprint density at radius 1 is 1.30 bits per heavy atom. The lowest BCUT2D eigenvalue weighted by molar-refractivity contribution is 0.251. The minimum atomic E-state index is -3.20. The molecule has 2 N–H and O–H groups in total. The molecule has 1 aliphatic rings. The van der Waals surface area contributed by atoms with Crippen molar-refractivity contribution in [3.63, 3.8) is 0 Å². The Kier molecular flexibility index (Phi) is 4.70. The zero-order valence-corrected chi connectivity index (χ0v) is 14.5. The lowest BCUT2D eigenvalue weighted by atomic mass is 9.87. The Bertz CT molecular complexity index is 733. The summed E-state index contributed by atoms with van der Waals surface area (Å²) in [5.41, 5.74) is 1.53. The van der Waals surface area contributed by atoms with E-state index < -0.39 is 21.9 Å². The second-order valence-electron chi connectivity index (χ2n) is 6.53. The number of rotatable bonds is 3. The van der Waals surface area contributed by atoms with Crippen molar-refractivity contribution in [3.05, 3.63) is 35.2 Å². The Morgan fingerprint density at radius 3 is 2.52 bits per heavy atom. The summed E-state index contributed by atoms with van der Waals surface area (Å²) in [4.78, 5) is 12.1. The third kappa shape index (κ3) is 4.48. The van der Waals surface area contributed by atoms with Crippen molar-refractivity contribution in [2.75, 3.05) is 18.2 Å². The number of sulfone groups is 1. The number of ether oxygens (including phenoxy) is 1. The molecule has 2 rings (SSSR count). The monoisotopic (exact) mass is 338 g/mol. The van der Waals surface area contributed by atoms with Gasteiger partial charge in [-0.25, -0.2) is 13.2 Å². The van der Waals surface area contributed by atoms with Crippen LogP contribution in [0.15, 0.2) is 29.7 Å².